The molecule has 1 heterocycles. The summed E-state index contributed by atoms with van der Waals surface area (Å²) in [6, 6.07) is 5.27. The van der Waals surface area contributed by atoms with E-state index in [0.29, 0.717) is 10.7 Å². The van der Waals surface area contributed by atoms with Crippen molar-refractivity contribution in [1.29, 1.82) is 0 Å². The molecule has 90 valence electrons. The highest BCUT2D eigenvalue weighted by atomic mass is 35.5. The van der Waals surface area contributed by atoms with Gasteiger partial charge in [-0.1, -0.05) is 11.6 Å². The van der Waals surface area contributed by atoms with E-state index in [-0.39, 0.29) is 12.3 Å². The standard InChI is InChI=1S/C11H10ClNO3S/c1-16-10(14)5-9-11(15)13-7-4-6(12)2-3-8(7)17-9/h2-4,9H,5H2,1H3,(H,13,15)/t9-/m1/s1. The maximum atomic E-state index is 11.7. The number of carbonyl (C=O) groups excluding carboxylic acids is 2. The van der Waals surface area contributed by atoms with Gasteiger partial charge < -0.3 is 10.1 Å². The highest BCUT2D eigenvalue weighted by Crippen LogP contribution is 2.38. The Morgan fingerprint density at radius 1 is 1.59 bits per heavy atom. The van der Waals surface area contributed by atoms with Gasteiger partial charge in [0.05, 0.1) is 24.5 Å². The molecule has 1 aliphatic rings. The molecule has 0 fully saturated rings. The van der Waals surface area contributed by atoms with Crippen LogP contribution in [0.1, 0.15) is 6.42 Å². The summed E-state index contributed by atoms with van der Waals surface area (Å²) in [7, 11) is 1.31. The number of ether oxygens (including phenoxy) is 1. The van der Waals surface area contributed by atoms with Crippen molar-refractivity contribution >= 4 is 40.9 Å². The fourth-order valence-corrected chi connectivity index (χ4v) is 2.74. The molecular formula is C11H10ClNO3S. The van der Waals surface area contributed by atoms with Gasteiger partial charge in [0.2, 0.25) is 5.91 Å². The smallest absolute Gasteiger partial charge is 0.307 e. The number of hydrogen-bond donors (Lipinski definition) is 1. The predicted octanol–water partition coefficient (Wildman–Crippen LogP) is 2.32. The molecule has 0 bridgehead atoms. The highest BCUT2D eigenvalue weighted by molar-refractivity contribution is 8.01. The minimum Gasteiger partial charge on any atom is -0.469 e. The van der Waals surface area contributed by atoms with Crippen molar-refractivity contribution in [1.82, 2.24) is 0 Å². The molecule has 1 atom stereocenters. The van der Waals surface area contributed by atoms with Gasteiger partial charge in [0.1, 0.15) is 0 Å². The number of methoxy groups -OCH3 is 1. The van der Waals surface area contributed by atoms with E-state index < -0.39 is 11.2 Å². The van der Waals surface area contributed by atoms with Gasteiger partial charge in [-0.05, 0) is 18.2 Å². The third-order valence-corrected chi connectivity index (χ3v) is 3.85. The quantitative estimate of drug-likeness (QED) is 0.839. The molecule has 4 nitrogen and oxygen atoms in total. The third-order valence-electron chi connectivity index (χ3n) is 2.34. The molecule has 1 N–H and O–H groups in total. The molecule has 0 aliphatic carbocycles. The molecule has 1 aromatic rings. The number of nitrogens with one attached hydrogen (secondary N) is 1. The number of thioether (sulfide) groups is 1. The van der Waals surface area contributed by atoms with E-state index in [4.69, 9.17) is 11.6 Å². The van der Waals surface area contributed by atoms with E-state index in [0.717, 1.165) is 4.90 Å². The topological polar surface area (TPSA) is 55.4 Å². The second kappa shape index (κ2) is 4.98. The van der Waals surface area contributed by atoms with Gasteiger partial charge in [-0.3, -0.25) is 9.59 Å². The molecule has 6 heteroatoms. The Bertz CT molecular complexity index is 478. The molecule has 2 rings (SSSR count). The van der Waals surface area contributed by atoms with Crippen molar-refractivity contribution in [3.63, 3.8) is 0 Å². The number of benzene rings is 1. The number of hydrogen-bond acceptors (Lipinski definition) is 4. The second-order valence-electron chi connectivity index (χ2n) is 3.52. The molecular weight excluding hydrogens is 262 g/mol. The average molecular weight is 272 g/mol. The Morgan fingerprint density at radius 2 is 2.35 bits per heavy atom. The normalized spacial score (nSPS) is 18.2. The van der Waals surface area contributed by atoms with Crippen LogP contribution in [0.4, 0.5) is 5.69 Å². The molecule has 1 amide bonds. The van der Waals surface area contributed by atoms with Crippen molar-refractivity contribution in [2.45, 2.75) is 16.6 Å². The van der Waals surface area contributed by atoms with Crippen molar-refractivity contribution < 1.29 is 14.3 Å². The Kier molecular flexibility index (Phi) is 3.59. The SMILES string of the molecule is COC(=O)C[C@H]1Sc2ccc(Cl)cc2NC1=O. The molecule has 0 radical (unpaired) electrons. The lowest BCUT2D eigenvalue weighted by molar-refractivity contribution is -0.141. The van der Waals surface area contributed by atoms with Crippen LogP contribution in [0, 0.1) is 0 Å². The zero-order valence-electron chi connectivity index (χ0n) is 9.03. The Labute approximate surface area is 108 Å². The summed E-state index contributed by atoms with van der Waals surface area (Å²) in [5, 5.41) is 2.85. The summed E-state index contributed by atoms with van der Waals surface area (Å²) in [5.41, 5.74) is 0.689. The maximum absolute atomic E-state index is 11.7. The van der Waals surface area contributed by atoms with Crippen LogP contribution in [0.25, 0.3) is 0 Å². The monoisotopic (exact) mass is 271 g/mol. The van der Waals surface area contributed by atoms with E-state index >= 15 is 0 Å². The van der Waals surface area contributed by atoms with Crippen LogP contribution in [-0.2, 0) is 14.3 Å². The van der Waals surface area contributed by atoms with Crippen LogP contribution < -0.4 is 5.32 Å². The first-order valence-electron chi connectivity index (χ1n) is 4.94. The predicted molar refractivity (Wildman–Crippen MR) is 66.4 cm³/mol. The van der Waals surface area contributed by atoms with Gasteiger partial charge in [0, 0.05) is 9.92 Å². The van der Waals surface area contributed by atoms with Crippen LogP contribution in [0.3, 0.4) is 0 Å². The molecule has 0 unspecified atom stereocenters. The summed E-state index contributed by atoms with van der Waals surface area (Å²) in [5.74, 6) is -0.592. The summed E-state index contributed by atoms with van der Waals surface area (Å²) in [6.07, 6.45) is 0.0646. The average Bonchev–Trinajstić information content (AvgIpc) is 2.30. The molecule has 17 heavy (non-hydrogen) atoms. The first-order valence-corrected chi connectivity index (χ1v) is 6.20. The van der Waals surface area contributed by atoms with Crippen molar-refractivity contribution in [3.8, 4) is 0 Å². The van der Waals surface area contributed by atoms with Gasteiger partial charge in [-0.15, -0.1) is 11.8 Å². The largest absolute Gasteiger partial charge is 0.469 e. The number of halogens is 1. The first kappa shape index (κ1) is 12.3. The Morgan fingerprint density at radius 3 is 3.06 bits per heavy atom. The molecule has 1 aliphatic heterocycles. The van der Waals surface area contributed by atoms with E-state index in [1.165, 1.54) is 18.9 Å². The minimum atomic E-state index is -0.448. The Hall–Kier alpha value is -1.20. The first-order chi connectivity index (χ1) is 8.10. The molecule has 1 aromatic carbocycles. The number of fused-ring (bicyclic) bond motifs is 1. The highest BCUT2D eigenvalue weighted by Gasteiger charge is 2.29. The van der Waals surface area contributed by atoms with Crippen LogP contribution in [0.2, 0.25) is 5.02 Å². The minimum absolute atomic E-state index is 0.0646. The second-order valence-corrected chi connectivity index (χ2v) is 5.20. The summed E-state index contributed by atoms with van der Waals surface area (Å²) < 4.78 is 4.55. The number of rotatable bonds is 2. The van der Waals surface area contributed by atoms with E-state index in [9.17, 15) is 9.59 Å². The molecule has 0 saturated carbocycles. The van der Waals surface area contributed by atoms with Gasteiger partial charge in [-0.25, -0.2) is 0 Å². The van der Waals surface area contributed by atoms with Crippen LogP contribution in [-0.4, -0.2) is 24.2 Å². The summed E-state index contributed by atoms with van der Waals surface area (Å²) in [6.45, 7) is 0. The zero-order chi connectivity index (χ0) is 12.4. The van der Waals surface area contributed by atoms with Gasteiger partial charge in [-0.2, -0.15) is 0 Å². The maximum Gasteiger partial charge on any atom is 0.307 e. The van der Waals surface area contributed by atoms with Crippen molar-refractivity contribution in [3.05, 3.63) is 23.2 Å². The van der Waals surface area contributed by atoms with Crippen molar-refractivity contribution in [2.24, 2.45) is 0 Å². The number of carbonyl (C=O) groups is 2. The zero-order valence-corrected chi connectivity index (χ0v) is 10.6. The number of anilines is 1. The lowest BCUT2D eigenvalue weighted by Gasteiger charge is -2.23. The van der Waals surface area contributed by atoms with Crippen LogP contribution in [0.5, 0.6) is 0 Å². The number of esters is 1. The van der Waals surface area contributed by atoms with E-state index in [2.05, 4.69) is 10.1 Å². The third kappa shape index (κ3) is 2.73. The van der Waals surface area contributed by atoms with Gasteiger partial charge in [0.25, 0.3) is 0 Å². The van der Waals surface area contributed by atoms with Crippen LogP contribution in [0.15, 0.2) is 23.1 Å². The van der Waals surface area contributed by atoms with Crippen molar-refractivity contribution in [2.75, 3.05) is 12.4 Å². The molecule has 0 spiro atoms. The fourth-order valence-electron chi connectivity index (χ4n) is 1.49. The molecule has 0 saturated heterocycles. The fraction of sp³-hybridized carbons (Fsp3) is 0.273. The Balaban J connectivity index is 2.18. The van der Waals surface area contributed by atoms with E-state index in [1.807, 2.05) is 6.07 Å². The lowest BCUT2D eigenvalue weighted by atomic mass is 10.2. The van der Waals surface area contributed by atoms with Crippen LogP contribution >= 0.6 is 23.4 Å². The molecule has 0 aromatic heterocycles. The van der Waals surface area contributed by atoms with E-state index in [1.54, 1.807) is 12.1 Å². The lowest BCUT2D eigenvalue weighted by Crippen LogP contribution is -2.31. The van der Waals surface area contributed by atoms with Gasteiger partial charge in [0.15, 0.2) is 0 Å². The summed E-state index contributed by atoms with van der Waals surface area (Å²) in [4.78, 5) is 23.8. The summed E-state index contributed by atoms with van der Waals surface area (Å²) >= 11 is 7.18. The number of amides is 1. The van der Waals surface area contributed by atoms with Gasteiger partial charge >= 0.3 is 5.97 Å².